The minimum Gasteiger partial charge on any atom is -0.344 e. The van der Waals surface area contributed by atoms with Crippen LogP contribution in [-0.2, 0) is 10.2 Å². The third-order valence-corrected chi connectivity index (χ3v) is 6.38. The molecule has 26 heavy (non-hydrogen) atoms. The van der Waals surface area contributed by atoms with Crippen molar-refractivity contribution in [2.75, 3.05) is 11.4 Å². The number of hydrogen-bond acceptors (Lipinski definition) is 2. The van der Waals surface area contributed by atoms with Crippen LogP contribution >= 0.6 is 15.9 Å². The van der Waals surface area contributed by atoms with Crippen LogP contribution in [0.2, 0.25) is 0 Å². The van der Waals surface area contributed by atoms with Crippen LogP contribution in [0, 0.1) is 5.92 Å². The Labute approximate surface area is 163 Å². The van der Waals surface area contributed by atoms with Crippen LogP contribution in [0.15, 0.2) is 59.1 Å². The second kappa shape index (κ2) is 5.98. The second-order valence-electron chi connectivity index (χ2n) is 7.79. The smallest absolute Gasteiger partial charge is 0.226 e. The Balaban J connectivity index is 1.84. The molecule has 0 aliphatic carbocycles. The van der Waals surface area contributed by atoms with Gasteiger partial charge in [0.15, 0.2) is 0 Å². The van der Waals surface area contributed by atoms with Gasteiger partial charge >= 0.3 is 0 Å². The van der Waals surface area contributed by atoms with E-state index in [1.807, 2.05) is 19.1 Å². The Morgan fingerprint density at radius 3 is 2.58 bits per heavy atom. The Kier molecular flexibility index (Phi) is 3.99. The largest absolute Gasteiger partial charge is 0.344 e. The summed E-state index contributed by atoms with van der Waals surface area (Å²) in [5.41, 5.74) is 2.79. The SMILES string of the molecule is CC1CN2c3ccccc3C(C)(C)C2(C=Cc2ccc(Br)cc2)NC1=O. The molecule has 1 saturated heterocycles. The fraction of sp³-hybridized carbons (Fsp3) is 0.318. The van der Waals surface area contributed by atoms with Gasteiger partial charge in [0.2, 0.25) is 5.91 Å². The van der Waals surface area contributed by atoms with Crippen molar-refractivity contribution in [1.29, 1.82) is 0 Å². The normalized spacial score (nSPS) is 26.5. The summed E-state index contributed by atoms with van der Waals surface area (Å²) in [5.74, 6) is 0.0775. The molecule has 0 aromatic heterocycles. The minimum absolute atomic E-state index is 0.0360. The standard InChI is InChI=1S/C22H23BrN2O/c1-15-14-25-19-7-5-4-6-18(19)21(2,3)22(25,24-20(15)26)13-12-16-8-10-17(23)11-9-16/h4-13,15H,14H2,1-3H3,(H,24,26). The van der Waals surface area contributed by atoms with Crippen molar-refractivity contribution in [2.24, 2.45) is 5.92 Å². The predicted molar refractivity (Wildman–Crippen MR) is 110 cm³/mol. The molecule has 3 nitrogen and oxygen atoms in total. The molecule has 0 radical (unpaired) electrons. The van der Waals surface area contributed by atoms with E-state index < -0.39 is 5.66 Å². The Hall–Kier alpha value is -2.07. The van der Waals surface area contributed by atoms with Crippen LogP contribution in [0.25, 0.3) is 6.08 Å². The number of halogens is 1. The summed E-state index contributed by atoms with van der Waals surface area (Å²) in [6.45, 7) is 7.14. The van der Waals surface area contributed by atoms with Gasteiger partial charge in [-0.05, 0) is 35.4 Å². The van der Waals surface area contributed by atoms with Crippen LogP contribution in [-0.4, -0.2) is 18.1 Å². The fourth-order valence-corrected chi connectivity index (χ4v) is 4.50. The molecular formula is C22H23BrN2O. The maximum Gasteiger partial charge on any atom is 0.226 e. The lowest BCUT2D eigenvalue weighted by molar-refractivity contribution is -0.128. The highest BCUT2D eigenvalue weighted by molar-refractivity contribution is 9.10. The second-order valence-corrected chi connectivity index (χ2v) is 8.71. The fourth-order valence-electron chi connectivity index (χ4n) is 4.23. The lowest BCUT2D eigenvalue weighted by Gasteiger charge is -2.50. The third kappa shape index (κ3) is 2.43. The number of carbonyl (C=O) groups excluding carboxylic acids is 1. The van der Waals surface area contributed by atoms with E-state index in [9.17, 15) is 4.79 Å². The van der Waals surface area contributed by atoms with E-state index in [-0.39, 0.29) is 17.2 Å². The first-order chi connectivity index (χ1) is 12.3. The molecule has 4 rings (SSSR count). The summed E-state index contributed by atoms with van der Waals surface area (Å²) in [6.07, 6.45) is 4.28. The van der Waals surface area contributed by atoms with Crippen molar-refractivity contribution in [3.8, 4) is 0 Å². The van der Waals surface area contributed by atoms with Crippen molar-refractivity contribution in [1.82, 2.24) is 5.32 Å². The zero-order valence-corrected chi connectivity index (χ0v) is 16.9. The number of rotatable bonds is 2. The van der Waals surface area contributed by atoms with E-state index in [0.717, 1.165) is 16.6 Å². The first-order valence-corrected chi connectivity index (χ1v) is 9.78. The summed E-state index contributed by atoms with van der Waals surface area (Å²) in [5, 5.41) is 3.35. The van der Waals surface area contributed by atoms with Gasteiger partial charge in [0.05, 0.1) is 5.92 Å². The highest BCUT2D eigenvalue weighted by Gasteiger charge is 2.58. The number of nitrogens with zero attached hydrogens (tertiary/aromatic N) is 1. The topological polar surface area (TPSA) is 32.3 Å². The molecule has 2 aliphatic heterocycles. The van der Waals surface area contributed by atoms with E-state index in [1.165, 1.54) is 11.3 Å². The highest BCUT2D eigenvalue weighted by atomic mass is 79.9. The molecule has 1 fully saturated rings. The average Bonchev–Trinajstić information content (AvgIpc) is 2.81. The van der Waals surface area contributed by atoms with Crippen molar-refractivity contribution in [2.45, 2.75) is 31.8 Å². The maximum absolute atomic E-state index is 12.7. The Bertz CT molecular complexity index is 887. The maximum atomic E-state index is 12.7. The quantitative estimate of drug-likeness (QED) is 0.776. The molecular weight excluding hydrogens is 388 g/mol. The summed E-state index contributed by atoms with van der Waals surface area (Å²) < 4.78 is 1.06. The van der Waals surface area contributed by atoms with Gasteiger partial charge in [0.1, 0.15) is 5.66 Å². The van der Waals surface area contributed by atoms with E-state index in [0.29, 0.717) is 0 Å². The lowest BCUT2D eigenvalue weighted by atomic mass is 9.74. The molecule has 4 heteroatoms. The molecule has 2 atom stereocenters. The average molecular weight is 411 g/mol. The van der Waals surface area contributed by atoms with Gasteiger partial charge in [0.25, 0.3) is 0 Å². The third-order valence-electron chi connectivity index (χ3n) is 5.85. The van der Waals surface area contributed by atoms with Gasteiger partial charge in [-0.1, -0.05) is 73.1 Å². The Morgan fingerprint density at radius 2 is 1.85 bits per heavy atom. The Morgan fingerprint density at radius 1 is 1.15 bits per heavy atom. The molecule has 2 aromatic carbocycles. The molecule has 0 spiro atoms. The van der Waals surface area contributed by atoms with E-state index >= 15 is 0 Å². The van der Waals surface area contributed by atoms with Crippen molar-refractivity contribution >= 4 is 33.6 Å². The zero-order chi connectivity index (χ0) is 18.5. The van der Waals surface area contributed by atoms with Crippen molar-refractivity contribution < 1.29 is 4.79 Å². The summed E-state index contributed by atoms with van der Waals surface area (Å²) >= 11 is 3.48. The van der Waals surface area contributed by atoms with Gasteiger partial charge in [-0.3, -0.25) is 4.79 Å². The van der Waals surface area contributed by atoms with Gasteiger partial charge in [-0.2, -0.15) is 0 Å². The van der Waals surface area contributed by atoms with Crippen LogP contribution in [0.5, 0.6) is 0 Å². The molecule has 2 unspecified atom stereocenters. The molecule has 1 N–H and O–H groups in total. The summed E-state index contributed by atoms with van der Waals surface area (Å²) in [6, 6.07) is 16.7. The first-order valence-electron chi connectivity index (χ1n) is 8.99. The minimum atomic E-state index is -0.562. The lowest BCUT2D eigenvalue weighted by Crippen LogP contribution is -2.70. The number of amides is 1. The summed E-state index contributed by atoms with van der Waals surface area (Å²) in [7, 11) is 0. The van der Waals surface area contributed by atoms with Crippen LogP contribution in [0.3, 0.4) is 0 Å². The van der Waals surface area contributed by atoms with Crippen molar-refractivity contribution in [3.63, 3.8) is 0 Å². The molecule has 2 aromatic rings. The zero-order valence-electron chi connectivity index (χ0n) is 15.3. The monoisotopic (exact) mass is 410 g/mol. The van der Waals surface area contributed by atoms with Gasteiger partial charge < -0.3 is 10.2 Å². The molecule has 2 heterocycles. The van der Waals surface area contributed by atoms with Crippen molar-refractivity contribution in [3.05, 3.63) is 70.2 Å². The van der Waals surface area contributed by atoms with Gasteiger partial charge in [-0.25, -0.2) is 0 Å². The first kappa shape index (κ1) is 17.3. The van der Waals surface area contributed by atoms with Crippen LogP contribution in [0.1, 0.15) is 31.9 Å². The number of nitrogens with one attached hydrogen (secondary N) is 1. The van der Waals surface area contributed by atoms with Gasteiger partial charge in [-0.15, -0.1) is 0 Å². The van der Waals surface area contributed by atoms with E-state index in [1.54, 1.807) is 0 Å². The number of hydrogen-bond donors (Lipinski definition) is 1. The molecule has 2 aliphatic rings. The molecule has 1 amide bonds. The molecule has 0 saturated carbocycles. The highest BCUT2D eigenvalue weighted by Crippen LogP contribution is 2.52. The number of benzene rings is 2. The predicted octanol–water partition coefficient (Wildman–Crippen LogP) is 4.72. The number of fused-ring (bicyclic) bond motifs is 3. The van der Waals surface area contributed by atoms with E-state index in [2.05, 4.69) is 88.5 Å². The van der Waals surface area contributed by atoms with Crippen LogP contribution in [0.4, 0.5) is 5.69 Å². The van der Waals surface area contributed by atoms with Gasteiger partial charge in [0, 0.05) is 22.1 Å². The number of carbonyl (C=O) groups is 1. The number of anilines is 1. The van der Waals surface area contributed by atoms with Crippen LogP contribution < -0.4 is 10.2 Å². The van der Waals surface area contributed by atoms with E-state index in [4.69, 9.17) is 0 Å². The molecule has 134 valence electrons. The molecule has 0 bridgehead atoms. The summed E-state index contributed by atoms with van der Waals surface area (Å²) in [4.78, 5) is 15.0. The number of para-hydroxylation sites is 1.